The number of halogens is 1. The van der Waals surface area contributed by atoms with Crippen molar-refractivity contribution >= 4 is 21.6 Å². The number of hydrogen-bond donors (Lipinski definition) is 2. The molecule has 1 fully saturated rings. The Kier molecular flexibility index (Phi) is 5.03. The molecule has 0 bridgehead atoms. The number of hydrogen-bond acceptors (Lipinski definition) is 3. The summed E-state index contributed by atoms with van der Waals surface area (Å²) >= 11 is 3.60. The minimum Gasteiger partial charge on any atom is -0.382 e. The third-order valence-electron chi connectivity index (χ3n) is 3.16. The molecule has 1 saturated heterocycles. The van der Waals surface area contributed by atoms with Crippen LogP contribution in [0.1, 0.15) is 18.9 Å². The molecule has 0 aliphatic carbocycles. The molecule has 18 heavy (non-hydrogen) atoms. The fourth-order valence-corrected chi connectivity index (χ4v) is 2.87. The molecule has 4 heteroatoms. The number of ether oxygens (including phenoxy) is 1. The van der Waals surface area contributed by atoms with Gasteiger partial charge in [0.05, 0.1) is 13.2 Å². The average molecular weight is 313 g/mol. The van der Waals surface area contributed by atoms with Crippen LogP contribution in [0.5, 0.6) is 0 Å². The van der Waals surface area contributed by atoms with Crippen molar-refractivity contribution in [2.75, 3.05) is 25.1 Å². The van der Waals surface area contributed by atoms with Gasteiger partial charge in [-0.05, 0) is 53.9 Å². The van der Waals surface area contributed by atoms with Gasteiger partial charge in [-0.3, -0.25) is 0 Å². The molecule has 2 atom stereocenters. The predicted molar refractivity (Wildman–Crippen MR) is 79.2 cm³/mol. The fraction of sp³-hybridized carbons (Fsp3) is 0.571. The van der Waals surface area contributed by atoms with Crippen molar-refractivity contribution in [2.24, 2.45) is 0 Å². The minimum atomic E-state index is 0.420. The summed E-state index contributed by atoms with van der Waals surface area (Å²) in [6.07, 6.45) is 1.07. The number of anilines is 1. The lowest BCUT2D eigenvalue weighted by Crippen LogP contribution is -2.43. The van der Waals surface area contributed by atoms with E-state index >= 15 is 0 Å². The molecule has 2 rings (SSSR count). The maximum atomic E-state index is 5.47. The monoisotopic (exact) mass is 312 g/mol. The molecule has 0 spiro atoms. The standard InChI is InChI=1S/C14H21BrN2O/c1-10-3-4-14(13(15)7-10)17-11(2)8-12-9-18-6-5-16-12/h3-4,7,11-12,16-17H,5-6,8-9H2,1-2H3. The predicted octanol–water partition coefficient (Wildman–Crippen LogP) is 2.94. The van der Waals surface area contributed by atoms with E-state index in [-0.39, 0.29) is 0 Å². The molecule has 0 amide bonds. The lowest BCUT2D eigenvalue weighted by molar-refractivity contribution is 0.0731. The summed E-state index contributed by atoms with van der Waals surface area (Å²) in [6, 6.07) is 7.27. The molecule has 100 valence electrons. The largest absolute Gasteiger partial charge is 0.382 e. The van der Waals surface area contributed by atoms with Crippen LogP contribution in [0.4, 0.5) is 5.69 Å². The van der Waals surface area contributed by atoms with Gasteiger partial charge < -0.3 is 15.4 Å². The quantitative estimate of drug-likeness (QED) is 0.897. The maximum Gasteiger partial charge on any atom is 0.0621 e. The van der Waals surface area contributed by atoms with Crippen molar-refractivity contribution in [3.05, 3.63) is 28.2 Å². The highest BCUT2D eigenvalue weighted by Crippen LogP contribution is 2.24. The summed E-state index contributed by atoms with van der Waals surface area (Å²) in [6.45, 7) is 6.93. The van der Waals surface area contributed by atoms with Crippen molar-refractivity contribution < 1.29 is 4.74 Å². The Balaban J connectivity index is 1.87. The van der Waals surface area contributed by atoms with Crippen molar-refractivity contribution in [2.45, 2.75) is 32.4 Å². The van der Waals surface area contributed by atoms with E-state index in [0.717, 1.165) is 36.3 Å². The first-order valence-electron chi connectivity index (χ1n) is 6.49. The van der Waals surface area contributed by atoms with Crippen molar-refractivity contribution in [3.63, 3.8) is 0 Å². The van der Waals surface area contributed by atoms with E-state index in [1.165, 1.54) is 5.56 Å². The molecule has 0 saturated carbocycles. The zero-order valence-corrected chi connectivity index (χ0v) is 12.6. The van der Waals surface area contributed by atoms with E-state index in [4.69, 9.17) is 4.74 Å². The second-order valence-electron chi connectivity index (χ2n) is 4.99. The maximum absolute atomic E-state index is 5.47. The van der Waals surface area contributed by atoms with E-state index < -0.39 is 0 Å². The summed E-state index contributed by atoms with van der Waals surface area (Å²) in [5.41, 5.74) is 2.42. The number of rotatable bonds is 4. The van der Waals surface area contributed by atoms with Crippen LogP contribution < -0.4 is 10.6 Å². The highest BCUT2D eigenvalue weighted by atomic mass is 79.9. The number of benzene rings is 1. The Hall–Kier alpha value is -0.580. The highest BCUT2D eigenvalue weighted by molar-refractivity contribution is 9.10. The van der Waals surface area contributed by atoms with Crippen LogP contribution in [0.2, 0.25) is 0 Å². The van der Waals surface area contributed by atoms with Crippen LogP contribution in [0, 0.1) is 6.92 Å². The Morgan fingerprint density at radius 3 is 3.06 bits per heavy atom. The second-order valence-corrected chi connectivity index (χ2v) is 5.84. The average Bonchev–Trinajstić information content (AvgIpc) is 2.34. The molecule has 1 aliphatic heterocycles. The molecule has 3 nitrogen and oxygen atoms in total. The van der Waals surface area contributed by atoms with Crippen LogP contribution in [0.3, 0.4) is 0 Å². The van der Waals surface area contributed by atoms with E-state index in [1.54, 1.807) is 0 Å². The van der Waals surface area contributed by atoms with Gasteiger partial charge in [0.1, 0.15) is 0 Å². The van der Waals surface area contributed by atoms with Crippen LogP contribution >= 0.6 is 15.9 Å². The van der Waals surface area contributed by atoms with Gasteiger partial charge in [-0.25, -0.2) is 0 Å². The molecule has 1 aromatic rings. The molecule has 0 radical (unpaired) electrons. The number of aryl methyl sites for hydroxylation is 1. The van der Waals surface area contributed by atoms with Gasteiger partial charge >= 0.3 is 0 Å². The minimum absolute atomic E-state index is 0.420. The summed E-state index contributed by atoms with van der Waals surface area (Å²) in [5.74, 6) is 0. The second kappa shape index (κ2) is 6.55. The van der Waals surface area contributed by atoms with Gasteiger partial charge in [-0.15, -0.1) is 0 Å². The van der Waals surface area contributed by atoms with Crippen LogP contribution in [-0.2, 0) is 4.74 Å². The first-order chi connectivity index (χ1) is 8.65. The van der Waals surface area contributed by atoms with Gasteiger partial charge in [0, 0.05) is 28.8 Å². The number of nitrogens with one attached hydrogen (secondary N) is 2. The van der Waals surface area contributed by atoms with E-state index in [1.807, 2.05) is 0 Å². The van der Waals surface area contributed by atoms with Gasteiger partial charge in [0.15, 0.2) is 0 Å². The van der Waals surface area contributed by atoms with Gasteiger partial charge in [0.25, 0.3) is 0 Å². The normalized spacial score (nSPS) is 21.6. The summed E-state index contributed by atoms with van der Waals surface area (Å²) in [7, 11) is 0. The molecule has 1 heterocycles. The van der Waals surface area contributed by atoms with Gasteiger partial charge in [-0.1, -0.05) is 6.07 Å². The highest BCUT2D eigenvalue weighted by Gasteiger charge is 2.16. The molecule has 1 aliphatic rings. The molecule has 2 unspecified atom stereocenters. The Labute approximate surface area is 117 Å². The van der Waals surface area contributed by atoms with E-state index in [0.29, 0.717) is 12.1 Å². The first kappa shape index (κ1) is 13.8. The van der Waals surface area contributed by atoms with Crippen LogP contribution in [-0.4, -0.2) is 31.8 Å². The third kappa shape index (κ3) is 3.97. The first-order valence-corrected chi connectivity index (χ1v) is 7.28. The smallest absolute Gasteiger partial charge is 0.0621 e. The van der Waals surface area contributed by atoms with E-state index in [9.17, 15) is 0 Å². The summed E-state index contributed by atoms with van der Waals surface area (Å²) in [4.78, 5) is 0. The third-order valence-corrected chi connectivity index (χ3v) is 3.82. The zero-order chi connectivity index (χ0) is 13.0. The lowest BCUT2D eigenvalue weighted by atomic mass is 10.1. The SMILES string of the molecule is Cc1ccc(NC(C)CC2COCCN2)c(Br)c1. The molecule has 1 aromatic carbocycles. The lowest BCUT2D eigenvalue weighted by Gasteiger charge is -2.27. The molecular weight excluding hydrogens is 292 g/mol. The summed E-state index contributed by atoms with van der Waals surface area (Å²) in [5, 5.41) is 7.03. The Morgan fingerprint density at radius 2 is 2.39 bits per heavy atom. The van der Waals surface area contributed by atoms with Crippen molar-refractivity contribution in [3.8, 4) is 0 Å². The number of morpholine rings is 1. The molecular formula is C14H21BrN2O. The topological polar surface area (TPSA) is 33.3 Å². The van der Waals surface area contributed by atoms with Gasteiger partial charge in [-0.2, -0.15) is 0 Å². The zero-order valence-electron chi connectivity index (χ0n) is 11.0. The fourth-order valence-electron chi connectivity index (χ4n) is 2.26. The Morgan fingerprint density at radius 1 is 1.56 bits per heavy atom. The van der Waals surface area contributed by atoms with Crippen LogP contribution in [0.15, 0.2) is 22.7 Å². The molecule has 0 aromatic heterocycles. The van der Waals surface area contributed by atoms with Crippen LogP contribution in [0.25, 0.3) is 0 Å². The van der Waals surface area contributed by atoms with E-state index in [2.05, 4.69) is 58.6 Å². The molecule has 2 N–H and O–H groups in total. The Bertz CT molecular complexity index is 391. The summed E-state index contributed by atoms with van der Waals surface area (Å²) < 4.78 is 6.60. The van der Waals surface area contributed by atoms with Crippen molar-refractivity contribution in [1.82, 2.24) is 5.32 Å². The van der Waals surface area contributed by atoms with Gasteiger partial charge in [0.2, 0.25) is 0 Å². The van der Waals surface area contributed by atoms with Crippen molar-refractivity contribution in [1.29, 1.82) is 0 Å².